The Morgan fingerprint density at radius 2 is 1.93 bits per heavy atom. The van der Waals surface area contributed by atoms with Gasteiger partial charge in [-0.25, -0.2) is 9.97 Å². The molecule has 0 bridgehead atoms. The number of carbonyl (C=O) groups is 1. The Hall–Kier alpha value is -2.67. The largest absolute Gasteiger partial charge is 0.473 e. The van der Waals surface area contributed by atoms with Gasteiger partial charge in [0.2, 0.25) is 5.88 Å². The molecule has 0 spiro atoms. The molecule has 7 heteroatoms. The van der Waals surface area contributed by atoms with Crippen molar-refractivity contribution in [1.29, 1.82) is 0 Å². The Kier molecular flexibility index (Phi) is 5.71. The van der Waals surface area contributed by atoms with Crippen LogP contribution in [0.15, 0.2) is 65.8 Å². The molecule has 1 amide bonds. The van der Waals surface area contributed by atoms with E-state index in [2.05, 4.69) is 25.9 Å². The van der Waals surface area contributed by atoms with Crippen LogP contribution in [-0.4, -0.2) is 44.5 Å². The van der Waals surface area contributed by atoms with Crippen molar-refractivity contribution in [3.63, 3.8) is 0 Å². The third kappa shape index (κ3) is 4.42. The molecule has 1 saturated heterocycles. The molecular formula is C21H21BrN4O2. The lowest BCUT2D eigenvalue weighted by Crippen LogP contribution is -2.41. The van der Waals surface area contributed by atoms with Crippen LogP contribution < -0.4 is 4.74 Å². The van der Waals surface area contributed by atoms with Crippen LogP contribution in [0.3, 0.4) is 0 Å². The van der Waals surface area contributed by atoms with E-state index in [-0.39, 0.29) is 12.0 Å². The molecule has 0 saturated carbocycles. The highest BCUT2D eigenvalue weighted by Gasteiger charge is 2.25. The van der Waals surface area contributed by atoms with E-state index < -0.39 is 0 Å². The van der Waals surface area contributed by atoms with Gasteiger partial charge in [0.25, 0.3) is 5.91 Å². The summed E-state index contributed by atoms with van der Waals surface area (Å²) in [6.07, 6.45) is 8.87. The van der Waals surface area contributed by atoms with E-state index in [4.69, 9.17) is 4.74 Å². The second kappa shape index (κ2) is 8.56. The first-order chi connectivity index (χ1) is 13.7. The number of amides is 1. The van der Waals surface area contributed by atoms with Crippen LogP contribution in [0, 0.1) is 0 Å². The van der Waals surface area contributed by atoms with Crippen molar-refractivity contribution in [3.8, 4) is 5.88 Å². The van der Waals surface area contributed by atoms with Gasteiger partial charge >= 0.3 is 0 Å². The minimum atomic E-state index is 0.0756. The number of rotatable bonds is 5. The first kappa shape index (κ1) is 18.7. The smallest absolute Gasteiger partial charge is 0.253 e. The zero-order valence-electron chi connectivity index (χ0n) is 15.4. The summed E-state index contributed by atoms with van der Waals surface area (Å²) in [5.74, 6) is 0.687. The van der Waals surface area contributed by atoms with E-state index in [1.54, 1.807) is 18.7 Å². The van der Waals surface area contributed by atoms with E-state index in [0.717, 1.165) is 35.0 Å². The van der Waals surface area contributed by atoms with Gasteiger partial charge in [-0.3, -0.25) is 4.79 Å². The van der Waals surface area contributed by atoms with Crippen molar-refractivity contribution in [2.45, 2.75) is 25.5 Å². The summed E-state index contributed by atoms with van der Waals surface area (Å²) in [5.41, 5.74) is 1.86. The van der Waals surface area contributed by atoms with Crippen LogP contribution >= 0.6 is 15.9 Å². The molecule has 144 valence electrons. The fraction of sp³-hybridized carbons (Fsp3) is 0.286. The molecule has 0 radical (unpaired) electrons. The van der Waals surface area contributed by atoms with Crippen LogP contribution in [0.4, 0.5) is 0 Å². The number of aromatic nitrogens is 3. The average Bonchev–Trinajstić information content (AvgIpc) is 3.23. The van der Waals surface area contributed by atoms with Crippen molar-refractivity contribution in [2.75, 3.05) is 13.1 Å². The zero-order chi connectivity index (χ0) is 19.3. The first-order valence-electron chi connectivity index (χ1n) is 9.30. The molecule has 1 aromatic carbocycles. The van der Waals surface area contributed by atoms with E-state index in [1.807, 2.05) is 52.1 Å². The van der Waals surface area contributed by atoms with Crippen LogP contribution in [0.5, 0.6) is 5.88 Å². The SMILES string of the molecule is O=C(c1ccc(Cn2ccnc2)cc1)N1CCC(Oc2ncccc2Br)CC1. The van der Waals surface area contributed by atoms with E-state index in [0.29, 0.717) is 19.0 Å². The van der Waals surface area contributed by atoms with Crippen molar-refractivity contribution >= 4 is 21.8 Å². The quantitative estimate of drug-likeness (QED) is 0.605. The van der Waals surface area contributed by atoms with Gasteiger partial charge in [0.05, 0.1) is 10.8 Å². The number of piperidine rings is 1. The second-order valence-corrected chi connectivity index (χ2v) is 7.69. The number of nitrogens with zero attached hydrogens (tertiary/aromatic N) is 4. The molecule has 1 fully saturated rings. The third-order valence-corrected chi connectivity index (χ3v) is 5.46. The number of hydrogen-bond donors (Lipinski definition) is 0. The van der Waals surface area contributed by atoms with E-state index in [9.17, 15) is 4.79 Å². The lowest BCUT2D eigenvalue weighted by atomic mass is 10.1. The summed E-state index contributed by atoms with van der Waals surface area (Å²) in [4.78, 5) is 23.0. The van der Waals surface area contributed by atoms with Crippen LogP contribution in [0.1, 0.15) is 28.8 Å². The molecule has 0 unspecified atom stereocenters. The molecule has 0 N–H and O–H groups in total. The maximum Gasteiger partial charge on any atom is 0.253 e. The van der Waals surface area contributed by atoms with Gasteiger partial charge in [0.15, 0.2) is 0 Å². The number of carbonyl (C=O) groups excluding carboxylic acids is 1. The number of halogens is 1. The summed E-state index contributed by atoms with van der Waals surface area (Å²) in [6.45, 7) is 2.12. The predicted octanol–water partition coefficient (Wildman–Crippen LogP) is 3.77. The molecule has 3 aromatic rings. The number of ether oxygens (including phenoxy) is 1. The average molecular weight is 441 g/mol. The fourth-order valence-corrected chi connectivity index (χ4v) is 3.67. The van der Waals surface area contributed by atoms with Gasteiger partial charge < -0.3 is 14.2 Å². The summed E-state index contributed by atoms with van der Waals surface area (Å²) >= 11 is 3.46. The highest BCUT2D eigenvalue weighted by Crippen LogP contribution is 2.25. The second-order valence-electron chi connectivity index (χ2n) is 6.83. The highest BCUT2D eigenvalue weighted by atomic mass is 79.9. The summed E-state index contributed by atoms with van der Waals surface area (Å²) in [7, 11) is 0. The molecule has 3 heterocycles. The van der Waals surface area contributed by atoms with E-state index in [1.165, 1.54) is 0 Å². The molecule has 2 aromatic heterocycles. The maximum absolute atomic E-state index is 12.8. The lowest BCUT2D eigenvalue weighted by Gasteiger charge is -2.32. The molecule has 4 rings (SSSR count). The topological polar surface area (TPSA) is 60.2 Å². The molecule has 28 heavy (non-hydrogen) atoms. The minimum absolute atomic E-state index is 0.0756. The summed E-state index contributed by atoms with van der Waals surface area (Å²) in [6, 6.07) is 11.6. The van der Waals surface area contributed by atoms with Crippen molar-refractivity contribution in [3.05, 3.63) is 76.9 Å². The standard InChI is InChI=1S/C21H21BrN4O2/c22-19-2-1-9-24-20(19)28-18-7-11-26(12-8-18)21(27)17-5-3-16(4-6-17)14-25-13-10-23-15-25/h1-6,9-10,13,15,18H,7-8,11-12,14H2. The summed E-state index contributed by atoms with van der Waals surface area (Å²) < 4.78 is 8.83. The minimum Gasteiger partial charge on any atom is -0.473 e. The van der Waals surface area contributed by atoms with Gasteiger partial charge in [-0.05, 0) is 45.8 Å². The Bertz CT molecular complexity index is 920. The molecule has 1 aliphatic rings. The normalized spacial score (nSPS) is 14.8. The third-order valence-electron chi connectivity index (χ3n) is 4.86. The fourth-order valence-electron chi connectivity index (χ4n) is 3.32. The molecule has 0 aliphatic carbocycles. The van der Waals surface area contributed by atoms with Crippen LogP contribution in [0.25, 0.3) is 0 Å². The lowest BCUT2D eigenvalue weighted by molar-refractivity contribution is 0.0586. The van der Waals surface area contributed by atoms with Crippen molar-refractivity contribution in [1.82, 2.24) is 19.4 Å². The van der Waals surface area contributed by atoms with Crippen molar-refractivity contribution in [2.24, 2.45) is 0 Å². The van der Waals surface area contributed by atoms with Gasteiger partial charge in [0.1, 0.15) is 6.10 Å². The summed E-state index contributed by atoms with van der Waals surface area (Å²) in [5, 5.41) is 0. The van der Waals surface area contributed by atoms with Gasteiger partial charge in [-0.2, -0.15) is 0 Å². The Morgan fingerprint density at radius 3 is 2.61 bits per heavy atom. The van der Waals surface area contributed by atoms with Gasteiger partial charge in [-0.15, -0.1) is 0 Å². The number of likely N-dealkylation sites (tertiary alicyclic amines) is 1. The van der Waals surface area contributed by atoms with Crippen molar-refractivity contribution < 1.29 is 9.53 Å². The predicted molar refractivity (Wildman–Crippen MR) is 109 cm³/mol. The zero-order valence-corrected chi connectivity index (χ0v) is 17.0. The monoisotopic (exact) mass is 440 g/mol. The van der Waals surface area contributed by atoms with Gasteiger partial charge in [0, 0.05) is 56.6 Å². The Labute approximate surface area is 172 Å². The van der Waals surface area contributed by atoms with E-state index >= 15 is 0 Å². The Balaban J connectivity index is 1.31. The molecule has 0 atom stereocenters. The first-order valence-corrected chi connectivity index (χ1v) is 10.1. The number of benzene rings is 1. The van der Waals surface area contributed by atoms with Gasteiger partial charge in [-0.1, -0.05) is 12.1 Å². The van der Waals surface area contributed by atoms with Crippen LogP contribution in [-0.2, 0) is 6.54 Å². The number of imidazole rings is 1. The Morgan fingerprint density at radius 1 is 1.14 bits per heavy atom. The highest BCUT2D eigenvalue weighted by molar-refractivity contribution is 9.10. The molecule has 6 nitrogen and oxygen atoms in total. The number of pyridine rings is 1. The van der Waals surface area contributed by atoms with Crippen LogP contribution in [0.2, 0.25) is 0 Å². The molecular weight excluding hydrogens is 420 g/mol. The molecule has 1 aliphatic heterocycles. The maximum atomic E-state index is 12.8. The number of hydrogen-bond acceptors (Lipinski definition) is 4.